The molecule has 0 saturated carbocycles. The van der Waals surface area contributed by atoms with Gasteiger partial charge in [0.1, 0.15) is 0 Å². The van der Waals surface area contributed by atoms with E-state index in [2.05, 4.69) is 11.4 Å². The summed E-state index contributed by atoms with van der Waals surface area (Å²) in [6, 6.07) is 10.5. The Morgan fingerprint density at radius 2 is 2.55 bits per heavy atom. The number of benzene rings is 1. The summed E-state index contributed by atoms with van der Waals surface area (Å²) in [7, 11) is 0. The normalized spacial score (nSPS) is 9.18. The highest BCUT2D eigenvalue weighted by molar-refractivity contribution is 5.72. The summed E-state index contributed by atoms with van der Waals surface area (Å²) in [4.78, 5) is 10.5. The molecule has 0 fully saturated rings. The van der Waals surface area contributed by atoms with Crippen LogP contribution in [0.2, 0.25) is 0 Å². The smallest absolute Gasteiger partial charge is 0.217 e. The molecule has 2 nitrogen and oxygen atoms in total. The van der Waals surface area contributed by atoms with Crippen molar-refractivity contribution in [2.45, 2.75) is 13.5 Å². The number of carbonyl (C=O) groups excluding carboxylic acids is 1. The van der Waals surface area contributed by atoms with E-state index in [1.807, 2.05) is 24.3 Å². The molecular formula is C9H10NO. The molecule has 1 N–H and O–H groups in total. The van der Waals surface area contributed by atoms with Gasteiger partial charge in [0, 0.05) is 13.5 Å². The van der Waals surface area contributed by atoms with Crippen LogP contribution in [0.15, 0.2) is 24.3 Å². The molecule has 0 aliphatic carbocycles. The van der Waals surface area contributed by atoms with Crippen LogP contribution in [0.1, 0.15) is 12.5 Å². The standard InChI is InChI=1S/C9H10NO/c1-8(11)10-7-9-5-3-2-4-6-9/h2-3,5-6H,7H2,1H3,(H,10,11). The van der Waals surface area contributed by atoms with E-state index in [0.29, 0.717) is 6.54 Å². The number of hydrogen-bond donors (Lipinski definition) is 1. The van der Waals surface area contributed by atoms with Gasteiger partial charge in [0.05, 0.1) is 0 Å². The van der Waals surface area contributed by atoms with Gasteiger partial charge in [0.25, 0.3) is 0 Å². The molecule has 2 heteroatoms. The molecule has 0 bridgehead atoms. The molecule has 1 rings (SSSR count). The fraction of sp³-hybridized carbons (Fsp3) is 0.222. The van der Waals surface area contributed by atoms with E-state index < -0.39 is 0 Å². The first-order valence-corrected chi connectivity index (χ1v) is 3.48. The SMILES string of the molecule is CC(=O)NCc1c[c]ccc1. The van der Waals surface area contributed by atoms with Gasteiger partial charge in [-0.1, -0.05) is 18.2 Å². The van der Waals surface area contributed by atoms with Crippen molar-refractivity contribution in [1.82, 2.24) is 5.32 Å². The fourth-order valence-electron chi connectivity index (χ4n) is 0.767. The van der Waals surface area contributed by atoms with E-state index >= 15 is 0 Å². The van der Waals surface area contributed by atoms with Gasteiger partial charge in [0.15, 0.2) is 0 Å². The van der Waals surface area contributed by atoms with E-state index in [4.69, 9.17) is 0 Å². The van der Waals surface area contributed by atoms with E-state index in [0.717, 1.165) is 5.56 Å². The summed E-state index contributed by atoms with van der Waals surface area (Å²) in [5, 5.41) is 2.70. The zero-order valence-corrected chi connectivity index (χ0v) is 6.42. The van der Waals surface area contributed by atoms with Crippen molar-refractivity contribution in [2.24, 2.45) is 0 Å². The Labute approximate surface area is 66.2 Å². The van der Waals surface area contributed by atoms with Crippen LogP contribution < -0.4 is 5.32 Å². The van der Waals surface area contributed by atoms with Crippen molar-refractivity contribution in [3.05, 3.63) is 35.9 Å². The second-order valence-corrected chi connectivity index (χ2v) is 2.32. The Morgan fingerprint density at radius 3 is 3.09 bits per heavy atom. The molecule has 1 amide bonds. The summed E-state index contributed by atoms with van der Waals surface area (Å²) >= 11 is 0. The highest BCUT2D eigenvalue weighted by Crippen LogP contribution is 1.95. The number of rotatable bonds is 2. The highest BCUT2D eigenvalue weighted by atomic mass is 16.1. The number of nitrogens with one attached hydrogen (secondary N) is 1. The quantitative estimate of drug-likeness (QED) is 0.669. The van der Waals surface area contributed by atoms with Crippen LogP contribution in [-0.4, -0.2) is 5.91 Å². The van der Waals surface area contributed by atoms with Gasteiger partial charge in [0.2, 0.25) is 5.91 Å². The first-order chi connectivity index (χ1) is 5.29. The van der Waals surface area contributed by atoms with E-state index in [-0.39, 0.29) is 5.91 Å². The largest absolute Gasteiger partial charge is 0.352 e. The predicted molar refractivity (Wildman–Crippen MR) is 42.8 cm³/mol. The lowest BCUT2D eigenvalue weighted by atomic mass is 10.2. The molecule has 1 radical (unpaired) electrons. The molecule has 0 unspecified atom stereocenters. The summed E-state index contributed by atoms with van der Waals surface area (Å²) in [6.45, 7) is 2.10. The maximum Gasteiger partial charge on any atom is 0.217 e. The molecule has 0 aliphatic heterocycles. The van der Waals surface area contributed by atoms with Crippen molar-refractivity contribution in [3.8, 4) is 0 Å². The Balaban J connectivity index is 2.45. The van der Waals surface area contributed by atoms with Crippen LogP contribution in [0.3, 0.4) is 0 Å². The van der Waals surface area contributed by atoms with Crippen LogP contribution in [-0.2, 0) is 11.3 Å². The van der Waals surface area contributed by atoms with Gasteiger partial charge in [-0.15, -0.1) is 0 Å². The molecule has 11 heavy (non-hydrogen) atoms. The molecule has 0 aliphatic rings. The monoisotopic (exact) mass is 148 g/mol. The van der Waals surface area contributed by atoms with Crippen LogP contribution in [0, 0.1) is 6.07 Å². The molecule has 57 valence electrons. The van der Waals surface area contributed by atoms with Gasteiger partial charge in [-0.3, -0.25) is 4.79 Å². The lowest BCUT2D eigenvalue weighted by Gasteiger charge is -1.99. The molecule has 1 aromatic carbocycles. The first kappa shape index (κ1) is 7.79. The second-order valence-electron chi connectivity index (χ2n) is 2.32. The zero-order chi connectivity index (χ0) is 8.10. The van der Waals surface area contributed by atoms with Crippen LogP contribution >= 0.6 is 0 Å². The molecule has 0 atom stereocenters. The molecule has 1 aromatic rings. The third-order valence-electron chi connectivity index (χ3n) is 1.31. The van der Waals surface area contributed by atoms with Crippen LogP contribution in [0.5, 0.6) is 0 Å². The Morgan fingerprint density at radius 1 is 1.73 bits per heavy atom. The molecule has 0 spiro atoms. The van der Waals surface area contributed by atoms with Crippen LogP contribution in [0.25, 0.3) is 0 Å². The number of hydrogen-bond acceptors (Lipinski definition) is 1. The zero-order valence-electron chi connectivity index (χ0n) is 6.42. The molecule has 0 aromatic heterocycles. The minimum atomic E-state index is -0.00569. The first-order valence-electron chi connectivity index (χ1n) is 3.48. The van der Waals surface area contributed by atoms with Gasteiger partial charge in [-0.2, -0.15) is 0 Å². The lowest BCUT2D eigenvalue weighted by molar-refractivity contribution is -0.119. The van der Waals surface area contributed by atoms with E-state index in [9.17, 15) is 4.79 Å². The van der Waals surface area contributed by atoms with Crippen molar-refractivity contribution in [1.29, 1.82) is 0 Å². The van der Waals surface area contributed by atoms with E-state index in [1.165, 1.54) is 6.92 Å². The summed E-state index contributed by atoms with van der Waals surface area (Å²) in [5.74, 6) is -0.00569. The Bertz CT molecular complexity index is 231. The summed E-state index contributed by atoms with van der Waals surface area (Å²) < 4.78 is 0. The third kappa shape index (κ3) is 2.85. The Hall–Kier alpha value is -1.31. The summed E-state index contributed by atoms with van der Waals surface area (Å²) in [5.41, 5.74) is 1.07. The Kier molecular flexibility index (Phi) is 2.66. The molecule has 0 heterocycles. The second kappa shape index (κ2) is 3.76. The molecule has 0 saturated heterocycles. The minimum absolute atomic E-state index is 0.00569. The lowest BCUT2D eigenvalue weighted by Crippen LogP contribution is -2.18. The number of carbonyl (C=O) groups is 1. The van der Waals surface area contributed by atoms with Crippen molar-refractivity contribution >= 4 is 5.91 Å². The average molecular weight is 148 g/mol. The van der Waals surface area contributed by atoms with E-state index in [1.54, 1.807) is 0 Å². The van der Waals surface area contributed by atoms with Gasteiger partial charge >= 0.3 is 0 Å². The van der Waals surface area contributed by atoms with Crippen LogP contribution in [0.4, 0.5) is 0 Å². The highest BCUT2D eigenvalue weighted by Gasteiger charge is 1.91. The third-order valence-corrected chi connectivity index (χ3v) is 1.31. The maximum absolute atomic E-state index is 10.5. The minimum Gasteiger partial charge on any atom is -0.352 e. The average Bonchev–Trinajstić information content (AvgIpc) is 2.03. The topological polar surface area (TPSA) is 29.1 Å². The predicted octanol–water partition coefficient (Wildman–Crippen LogP) is 1.12. The van der Waals surface area contributed by atoms with Crippen molar-refractivity contribution in [3.63, 3.8) is 0 Å². The van der Waals surface area contributed by atoms with Gasteiger partial charge < -0.3 is 5.32 Å². The fourth-order valence-corrected chi connectivity index (χ4v) is 0.767. The van der Waals surface area contributed by atoms with Crippen molar-refractivity contribution < 1.29 is 4.79 Å². The summed E-state index contributed by atoms with van der Waals surface area (Å²) in [6.07, 6.45) is 0. The molecular weight excluding hydrogens is 138 g/mol. The van der Waals surface area contributed by atoms with Crippen molar-refractivity contribution in [2.75, 3.05) is 0 Å². The van der Waals surface area contributed by atoms with Gasteiger partial charge in [-0.05, 0) is 17.7 Å². The van der Waals surface area contributed by atoms with Gasteiger partial charge in [-0.25, -0.2) is 0 Å². The number of amides is 1. The maximum atomic E-state index is 10.5.